The molecule has 2 fully saturated rings. The van der Waals surface area contributed by atoms with E-state index in [1.54, 1.807) is 4.90 Å². The summed E-state index contributed by atoms with van der Waals surface area (Å²) in [6, 6.07) is 0.366. The van der Waals surface area contributed by atoms with Crippen LogP contribution in [0.25, 0.3) is 0 Å². The van der Waals surface area contributed by atoms with E-state index in [0.717, 1.165) is 13.0 Å². The van der Waals surface area contributed by atoms with Gasteiger partial charge in [0.2, 0.25) is 0 Å². The normalized spacial score (nSPS) is 36.5. The lowest BCUT2D eigenvalue weighted by Crippen LogP contribution is -2.60. The first-order chi connectivity index (χ1) is 6.37. The van der Waals surface area contributed by atoms with Gasteiger partial charge in [-0.2, -0.15) is 0 Å². The Bertz CT molecular complexity index is 272. The van der Waals surface area contributed by atoms with Crippen molar-refractivity contribution in [1.29, 1.82) is 0 Å². The average Bonchev–Trinajstić information content (AvgIpc) is 2.58. The zero-order valence-electron chi connectivity index (χ0n) is 9.00. The van der Waals surface area contributed by atoms with Crippen molar-refractivity contribution in [2.45, 2.75) is 38.8 Å². The molecule has 0 aliphatic carbocycles. The van der Waals surface area contributed by atoms with Crippen LogP contribution >= 0.6 is 0 Å². The largest absolute Gasteiger partial charge is 0.465 e. The smallest absolute Gasteiger partial charge is 0.407 e. The highest BCUT2D eigenvalue weighted by Gasteiger charge is 2.58. The van der Waals surface area contributed by atoms with Gasteiger partial charge in [0.1, 0.15) is 0 Å². The van der Waals surface area contributed by atoms with Crippen LogP contribution in [-0.4, -0.2) is 40.8 Å². The highest BCUT2D eigenvalue weighted by molar-refractivity contribution is 5.67. The van der Waals surface area contributed by atoms with Crippen LogP contribution in [0.2, 0.25) is 0 Å². The number of carboxylic acid groups (broad SMARTS) is 1. The van der Waals surface area contributed by atoms with E-state index in [2.05, 4.69) is 26.1 Å². The summed E-state index contributed by atoms with van der Waals surface area (Å²) in [5.74, 6) is 0. The van der Waals surface area contributed by atoms with Crippen LogP contribution in [0.15, 0.2) is 0 Å². The molecule has 0 aromatic heterocycles. The predicted octanol–water partition coefficient (Wildman–Crippen LogP) is 1.13. The molecule has 0 aromatic carbocycles. The molecule has 1 unspecified atom stereocenters. The van der Waals surface area contributed by atoms with Crippen LogP contribution in [0.5, 0.6) is 0 Å². The third kappa shape index (κ3) is 1.06. The van der Waals surface area contributed by atoms with Crippen molar-refractivity contribution in [3.05, 3.63) is 0 Å². The van der Waals surface area contributed by atoms with Crippen molar-refractivity contribution in [3.8, 4) is 0 Å². The number of nitrogens with zero attached hydrogens (tertiary/aromatic N) is 1. The van der Waals surface area contributed by atoms with E-state index in [9.17, 15) is 4.79 Å². The van der Waals surface area contributed by atoms with E-state index in [4.69, 9.17) is 5.11 Å². The van der Waals surface area contributed by atoms with Gasteiger partial charge in [-0.05, 0) is 11.8 Å². The van der Waals surface area contributed by atoms with E-state index < -0.39 is 6.09 Å². The summed E-state index contributed by atoms with van der Waals surface area (Å²) in [6.07, 6.45) is 0.187. The third-order valence-corrected chi connectivity index (χ3v) is 3.81. The summed E-state index contributed by atoms with van der Waals surface area (Å²) in [4.78, 5) is 12.8. The predicted molar refractivity (Wildman–Crippen MR) is 53.3 cm³/mol. The molecule has 0 aromatic rings. The Balaban J connectivity index is 2.35. The molecular formula is C10H18N2O2. The van der Waals surface area contributed by atoms with Crippen molar-refractivity contribution in [2.75, 3.05) is 13.1 Å². The molecule has 2 atom stereocenters. The number of carbonyl (C=O) groups is 1. The number of rotatable bonds is 0. The molecule has 14 heavy (non-hydrogen) atoms. The maximum absolute atomic E-state index is 11.1. The summed E-state index contributed by atoms with van der Waals surface area (Å²) in [6.45, 7) is 7.81. The van der Waals surface area contributed by atoms with Crippen molar-refractivity contribution in [1.82, 2.24) is 10.2 Å². The molecule has 2 aliphatic heterocycles. The van der Waals surface area contributed by atoms with E-state index in [1.807, 2.05) is 0 Å². The number of amides is 1. The van der Waals surface area contributed by atoms with Gasteiger partial charge in [-0.25, -0.2) is 4.79 Å². The van der Waals surface area contributed by atoms with Crippen molar-refractivity contribution in [2.24, 2.45) is 5.41 Å². The number of hydrogen-bond acceptors (Lipinski definition) is 2. The van der Waals surface area contributed by atoms with Crippen molar-refractivity contribution < 1.29 is 9.90 Å². The number of hydrogen-bond donors (Lipinski definition) is 2. The van der Waals surface area contributed by atoms with E-state index in [-0.39, 0.29) is 11.0 Å². The molecule has 1 amide bonds. The third-order valence-electron chi connectivity index (χ3n) is 3.81. The SMILES string of the molecule is CC(C)(C)[C@@]12CNC(CN1C(=O)O)C2. The molecular weight excluding hydrogens is 180 g/mol. The first-order valence-corrected chi connectivity index (χ1v) is 5.11. The van der Waals surface area contributed by atoms with Crippen molar-refractivity contribution >= 4 is 6.09 Å². The maximum atomic E-state index is 11.1. The standard InChI is InChI=1S/C10H18N2O2/c1-9(2,3)10-4-7(11-6-10)5-12(10)8(13)14/h7,11H,4-6H2,1-3H3,(H,13,14)/t7?,10-/m1/s1. The molecule has 2 bridgehead atoms. The second kappa shape index (κ2) is 2.63. The van der Waals surface area contributed by atoms with Gasteiger partial charge in [0, 0.05) is 19.1 Å². The highest BCUT2D eigenvalue weighted by atomic mass is 16.4. The molecule has 4 nitrogen and oxygen atoms in total. The van der Waals surface area contributed by atoms with Crippen LogP contribution in [0.1, 0.15) is 27.2 Å². The van der Waals surface area contributed by atoms with Crippen LogP contribution < -0.4 is 5.32 Å². The quantitative estimate of drug-likeness (QED) is 0.613. The summed E-state index contributed by atoms with van der Waals surface area (Å²) in [5.41, 5.74) is -0.187. The lowest BCUT2D eigenvalue weighted by Gasteiger charge is -2.46. The number of fused-ring (bicyclic) bond motifs is 2. The maximum Gasteiger partial charge on any atom is 0.407 e. The molecule has 80 valence electrons. The summed E-state index contributed by atoms with van der Waals surface area (Å²) < 4.78 is 0. The van der Waals surface area contributed by atoms with Crippen LogP contribution in [0.3, 0.4) is 0 Å². The fourth-order valence-electron chi connectivity index (χ4n) is 2.83. The van der Waals surface area contributed by atoms with Gasteiger partial charge >= 0.3 is 6.09 Å². The van der Waals surface area contributed by atoms with Crippen LogP contribution in [-0.2, 0) is 0 Å². The average molecular weight is 198 g/mol. The highest BCUT2D eigenvalue weighted by Crippen LogP contribution is 2.46. The molecule has 2 aliphatic rings. The molecule has 0 saturated carbocycles. The Labute approximate surface area is 84.3 Å². The number of nitrogens with one attached hydrogen (secondary N) is 1. The number of likely N-dealkylation sites (tertiary alicyclic amines) is 1. The van der Waals surface area contributed by atoms with Crippen molar-refractivity contribution in [3.63, 3.8) is 0 Å². The Morgan fingerprint density at radius 3 is 2.57 bits per heavy atom. The monoisotopic (exact) mass is 198 g/mol. The van der Waals surface area contributed by atoms with E-state index >= 15 is 0 Å². The van der Waals surface area contributed by atoms with E-state index in [0.29, 0.717) is 12.6 Å². The van der Waals surface area contributed by atoms with Gasteiger partial charge in [0.25, 0.3) is 0 Å². The second-order valence-corrected chi connectivity index (χ2v) is 5.46. The molecule has 2 heterocycles. The van der Waals surface area contributed by atoms with Gasteiger partial charge in [-0.1, -0.05) is 20.8 Å². The number of piperazine rings is 1. The lowest BCUT2D eigenvalue weighted by molar-refractivity contribution is 0.0318. The minimum absolute atomic E-state index is 0.00361. The fourth-order valence-corrected chi connectivity index (χ4v) is 2.83. The molecule has 0 radical (unpaired) electrons. The van der Waals surface area contributed by atoms with E-state index in [1.165, 1.54) is 0 Å². The van der Waals surface area contributed by atoms with Gasteiger partial charge in [0.05, 0.1) is 5.54 Å². The first kappa shape index (κ1) is 9.77. The van der Waals surface area contributed by atoms with Gasteiger partial charge in [-0.3, -0.25) is 4.90 Å². The summed E-state index contributed by atoms with van der Waals surface area (Å²) >= 11 is 0. The zero-order chi connectivity index (χ0) is 10.6. The minimum atomic E-state index is -0.774. The minimum Gasteiger partial charge on any atom is -0.465 e. The summed E-state index contributed by atoms with van der Waals surface area (Å²) in [7, 11) is 0. The Kier molecular flexibility index (Phi) is 1.83. The lowest BCUT2D eigenvalue weighted by atomic mass is 9.73. The molecule has 4 heteroatoms. The topological polar surface area (TPSA) is 52.6 Å². The second-order valence-electron chi connectivity index (χ2n) is 5.46. The first-order valence-electron chi connectivity index (χ1n) is 5.11. The van der Waals surface area contributed by atoms with Crippen LogP contribution in [0.4, 0.5) is 4.79 Å². The van der Waals surface area contributed by atoms with Crippen LogP contribution in [0, 0.1) is 5.41 Å². The zero-order valence-corrected chi connectivity index (χ0v) is 9.00. The molecule has 2 saturated heterocycles. The molecule has 2 N–H and O–H groups in total. The van der Waals surface area contributed by atoms with Gasteiger partial charge in [0.15, 0.2) is 0 Å². The fraction of sp³-hybridized carbons (Fsp3) is 0.900. The Morgan fingerprint density at radius 2 is 2.21 bits per heavy atom. The van der Waals surface area contributed by atoms with Gasteiger partial charge in [-0.15, -0.1) is 0 Å². The Hall–Kier alpha value is -0.770. The Morgan fingerprint density at radius 1 is 1.57 bits per heavy atom. The summed E-state index contributed by atoms with van der Waals surface area (Å²) in [5, 5.41) is 12.5. The van der Waals surface area contributed by atoms with Gasteiger partial charge < -0.3 is 10.4 Å². The molecule has 2 rings (SSSR count). The molecule has 0 spiro atoms.